The minimum absolute atomic E-state index is 0.139. The molecule has 0 aliphatic heterocycles. The van der Waals surface area contributed by atoms with Crippen molar-refractivity contribution in [3.05, 3.63) is 65.2 Å². The number of benzene rings is 2. The van der Waals surface area contributed by atoms with Gasteiger partial charge in [0, 0.05) is 11.1 Å². The molecule has 0 amide bonds. The Hall–Kier alpha value is -1.98. The van der Waals surface area contributed by atoms with Gasteiger partial charge in [-0.1, -0.05) is 18.2 Å². The molecule has 2 rings (SSSR count). The van der Waals surface area contributed by atoms with Crippen LogP contribution in [0.3, 0.4) is 0 Å². The molecule has 0 saturated carbocycles. The monoisotopic (exact) mass is 278 g/mol. The number of hydrogen-bond donors (Lipinski definition) is 2. The molecule has 1 unspecified atom stereocenters. The van der Waals surface area contributed by atoms with Crippen LogP contribution in [-0.4, -0.2) is 6.61 Å². The number of nitrogens with two attached hydrogens (primary N) is 1. The van der Waals surface area contributed by atoms with Gasteiger partial charge in [-0.3, -0.25) is 5.84 Å². The minimum atomic E-state index is -0.687. The molecule has 0 aliphatic carbocycles. The molecule has 2 aromatic rings. The summed E-state index contributed by atoms with van der Waals surface area (Å²) in [6.45, 7) is 2.32. The van der Waals surface area contributed by atoms with Crippen LogP contribution in [0.25, 0.3) is 0 Å². The van der Waals surface area contributed by atoms with E-state index in [2.05, 4.69) is 5.43 Å². The third-order valence-corrected chi connectivity index (χ3v) is 2.97. The molecule has 0 spiro atoms. The van der Waals surface area contributed by atoms with Crippen LogP contribution in [0.4, 0.5) is 8.78 Å². The number of rotatable bonds is 5. The van der Waals surface area contributed by atoms with Gasteiger partial charge in [-0.05, 0) is 31.2 Å². The zero-order valence-corrected chi connectivity index (χ0v) is 11.1. The average molecular weight is 278 g/mol. The second-order valence-electron chi connectivity index (χ2n) is 4.24. The summed E-state index contributed by atoms with van der Waals surface area (Å²) in [5, 5.41) is 0. The van der Waals surface area contributed by atoms with Crippen molar-refractivity contribution in [2.45, 2.75) is 13.0 Å². The molecule has 20 heavy (non-hydrogen) atoms. The first kappa shape index (κ1) is 14.4. The molecule has 0 fully saturated rings. The van der Waals surface area contributed by atoms with Gasteiger partial charge in [0.25, 0.3) is 0 Å². The molecule has 0 radical (unpaired) electrons. The summed E-state index contributed by atoms with van der Waals surface area (Å²) >= 11 is 0. The van der Waals surface area contributed by atoms with Gasteiger partial charge in [-0.2, -0.15) is 0 Å². The van der Waals surface area contributed by atoms with E-state index in [0.29, 0.717) is 17.9 Å². The van der Waals surface area contributed by atoms with E-state index in [-0.39, 0.29) is 5.56 Å². The van der Waals surface area contributed by atoms with Crippen LogP contribution in [0.15, 0.2) is 42.5 Å². The fraction of sp³-hybridized carbons (Fsp3) is 0.200. The smallest absolute Gasteiger partial charge is 0.128 e. The molecule has 0 heterocycles. The lowest BCUT2D eigenvalue weighted by atomic mass is 9.98. The number of para-hydroxylation sites is 1. The highest BCUT2D eigenvalue weighted by Gasteiger charge is 2.20. The van der Waals surface area contributed by atoms with Gasteiger partial charge >= 0.3 is 0 Å². The molecule has 3 nitrogen and oxygen atoms in total. The van der Waals surface area contributed by atoms with E-state index >= 15 is 0 Å². The lowest BCUT2D eigenvalue weighted by Gasteiger charge is -2.20. The van der Waals surface area contributed by atoms with E-state index in [1.807, 2.05) is 13.0 Å². The Balaban J connectivity index is 2.49. The van der Waals surface area contributed by atoms with Crippen LogP contribution in [0.5, 0.6) is 5.75 Å². The number of nitrogens with one attached hydrogen (secondary N) is 1. The highest BCUT2D eigenvalue weighted by Crippen LogP contribution is 2.31. The maximum absolute atomic E-state index is 13.9. The fourth-order valence-corrected chi connectivity index (χ4v) is 2.09. The topological polar surface area (TPSA) is 47.3 Å². The molecule has 0 bridgehead atoms. The lowest BCUT2D eigenvalue weighted by Crippen LogP contribution is -2.30. The van der Waals surface area contributed by atoms with Crippen molar-refractivity contribution in [2.24, 2.45) is 5.84 Å². The van der Waals surface area contributed by atoms with Gasteiger partial charge in [0.05, 0.1) is 12.6 Å². The zero-order valence-electron chi connectivity index (χ0n) is 11.1. The molecule has 3 N–H and O–H groups in total. The summed E-state index contributed by atoms with van der Waals surface area (Å²) in [6.07, 6.45) is 0. The van der Waals surface area contributed by atoms with Crippen LogP contribution >= 0.6 is 0 Å². The molecule has 0 saturated heterocycles. The van der Waals surface area contributed by atoms with E-state index < -0.39 is 17.7 Å². The van der Waals surface area contributed by atoms with Gasteiger partial charge < -0.3 is 4.74 Å². The number of hydrogen-bond acceptors (Lipinski definition) is 3. The Morgan fingerprint density at radius 3 is 2.60 bits per heavy atom. The van der Waals surface area contributed by atoms with Crippen LogP contribution < -0.4 is 16.0 Å². The van der Waals surface area contributed by atoms with E-state index in [0.717, 1.165) is 18.2 Å². The van der Waals surface area contributed by atoms with E-state index in [9.17, 15) is 8.78 Å². The van der Waals surface area contributed by atoms with Gasteiger partial charge in [0.2, 0.25) is 0 Å². The standard InChI is InChI=1S/C15H16F2N2O/c1-2-20-14-6-4-3-5-11(14)15(19-18)12-9-10(16)7-8-13(12)17/h3-9,15,19H,2,18H2,1H3. The van der Waals surface area contributed by atoms with Crippen molar-refractivity contribution in [3.8, 4) is 5.75 Å². The summed E-state index contributed by atoms with van der Waals surface area (Å²) in [5.74, 6) is 5.07. The van der Waals surface area contributed by atoms with Gasteiger partial charge in [-0.25, -0.2) is 14.2 Å². The number of hydrazine groups is 1. The average Bonchev–Trinajstić information content (AvgIpc) is 2.45. The normalized spacial score (nSPS) is 12.2. The highest BCUT2D eigenvalue weighted by molar-refractivity contribution is 5.42. The number of ether oxygens (including phenoxy) is 1. The minimum Gasteiger partial charge on any atom is -0.494 e. The lowest BCUT2D eigenvalue weighted by molar-refractivity contribution is 0.333. The van der Waals surface area contributed by atoms with Crippen LogP contribution in [-0.2, 0) is 0 Å². The Kier molecular flexibility index (Phi) is 4.65. The first-order valence-electron chi connectivity index (χ1n) is 6.30. The Morgan fingerprint density at radius 1 is 1.15 bits per heavy atom. The van der Waals surface area contributed by atoms with Crippen molar-refractivity contribution in [1.82, 2.24) is 5.43 Å². The van der Waals surface area contributed by atoms with Crippen molar-refractivity contribution < 1.29 is 13.5 Å². The number of halogens is 2. The summed E-state index contributed by atoms with van der Waals surface area (Å²) in [4.78, 5) is 0. The Labute approximate surface area is 116 Å². The highest BCUT2D eigenvalue weighted by atomic mass is 19.1. The first-order chi connectivity index (χ1) is 9.67. The van der Waals surface area contributed by atoms with E-state index in [1.165, 1.54) is 0 Å². The van der Waals surface area contributed by atoms with Crippen molar-refractivity contribution in [2.75, 3.05) is 6.61 Å². The van der Waals surface area contributed by atoms with Gasteiger partial charge in [0.1, 0.15) is 17.4 Å². The predicted molar refractivity (Wildman–Crippen MR) is 73.1 cm³/mol. The fourth-order valence-electron chi connectivity index (χ4n) is 2.09. The third kappa shape index (κ3) is 2.95. The molecular formula is C15H16F2N2O. The van der Waals surface area contributed by atoms with Crippen molar-refractivity contribution in [3.63, 3.8) is 0 Å². The quantitative estimate of drug-likeness (QED) is 0.653. The molecule has 1 atom stereocenters. The zero-order chi connectivity index (χ0) is 14.5. The Bertz CT molecular complexity index is 590. The molecule has 0 aromatic heterocycles. The largest absolute Gasteiger partial charge is 0.494 e. The summed E-state index contributed by atoms with van der Waals surface area (Å²) < 4.78 is 32.7. The van der Waals surface area contributed by atoms with Crippen LogP contribution in [0, 0.1) is 11.6 Å². The SMILES string of the molecule is CCOc1ccccc1C(NN)c1cc(F)ccc1F. The second-order valence-corrected chi connectivity index (χ2v) is 4.24. The van der Waals surface area contributed by atoms with Crippen molar-refractivity contribution in [1.29, 1.82) is 0 Å². The van der Waals surface area contributed by atoms with E-state index in [4.69, 9.17) is 10.6 Å². The third-order valence-electron chi connectivity index (χ3n) is 2.97. The molecular weight excluding hydrogens is 262 g/mol. The Morgan fingerprint density at radius 2 is 1.90 bits per heavy atom. The molecule has 2 aromatic carbocycles. The van der Waals surface area contributed by atoms with Crippen molar-refractivity contribution >= 4 is 0 Å². The van der Waals surface area contributed by atoms with E-state index in [1.54, 1.807) is 18.2 Å². The molecule has 5 heteroatoms. The van der Waals surface area contributed by atoms with Gasteiger partial charge in [0.15, 0.2) is 0 Å². The predicted octanol–water partition coefficient (Wildman–Crippen LogP) is 2.92. The first-order valence-corrected chi connectivity index (χ1v) is 6.30. The maximum atomic E-state index is 13.9. The molecule has 0 aliphatic rings. The van der Waals surface area contributed by atoms with Gasteiger partial charge in [-0.15, -0.1) is 0 Å². The summed E-state index contributed by atoms with van der Waals surface area (Å²) in [5.41, 5.74) is 3.31. The van der Waals surface area contributed by atoms with Crippen LogP contribution in [0.1, 0.15) is 24.1 Å². The second kappa shape index (κ2) is 6.45. The summed E-state index contributed by atoms with van der Waals surface area (Å²) in [6, 6.07) is 9.72. The molecule has 106 valence electrons. The van der Waals surface area contributed by atoms with Crippen LogP contribution in [0.2, 0.25) is 0 Å². The summed E-state index contributed by atoms with van der Waals surface area (Å²) in [7, 11) is 0. The maximum Gasteiger partial charge on any atom is 0.128 e.